The lowest BCUT2D eigenvalue weighted by molar-refractivity contribution is -0.138. The molecule has 0 aliphatic rings. The molecule has 156 valence electrons. The van der Waals surface area contributed by atoms with Crippen molar-refractivity contribution in [3.63, 3.8) is 0 Å². The molecule has 0 aliphatic heterocycles. The molecule has 0 saturated heterocycles. The Balaban J connectivity index is 1.79. The van der Waals surface area contributed by atoms with Gasteiger partial charge in [0.05, 0.1) is 11.1 Å². The molecule has 0 saturated carbocycles. The largest absolute Gasteiger partial charge is 0.457 e. The molecule has 0 atom stereocenters. The molecule has 3 aromatic rings. The highest BCUT2D eigenvalue weighted by Gasteiger charge is 2.34. The zero-order valence-corrected chi connectivity index (χ0v) is 15.9. The predicted octanol–water partition coefficient (Wildman–Crippen LogP) is 6.65. The van der Waals surface area contributed by atoms with E-state index in [2.05, 4.69) is 5.32 Å². The van der Waals surface area contributed by atoms with Gasteiger partial charge in [0, 0.05) is 5.69 Å². The molecule has 0 heterocycles. The summed E-state index contributed by atoms with van der Waals surface area (Å²) in [6, 6.07) is 11.2. The highest BCUT2D eigenvalue weighted by Crippen LogP contribution is 2.38. The van der Waals surface area contributed by atoms with Gasteiger partial charge in [-0.3, -0.25) is 4.79 Å². The second-order valence-electron chi connectivity index (χ2n) is 6.63. The fourth-order valence-electron chi connectivity index (χ4n) is 2.80. The summed E-state index contributed by atoms with van der Waals surface area (Å²) < 4.78 is 72.2. The van der Waals surface area contributed by atoms with E-state index in [1.165, 1.54) is 49.4 Å². The van der Waals surface area contributed by atoms with Crippen LogP contribution in [0, 0.1) is 25.5 Å². The molecule has 1 amide bonds. The minimum Gasteiger partial charge on any atom is -0.457 e. The zero-order valence-electron chi connectivity index (χ0n) is 15.9. The van der Waals surface area contributed by atoms with E-state index in [4.69, 9.17) is 4.74 Å². The lowest BCUT2D eigenvalue weighted by Gasteiger charge is -2.15. The molecular weight excluding hydrogens is 405 g/mol. The van der Waals surface area contributed by atoms with Crippen molar-refractivity contribution < 1.29 is 31.5 Å². The predicted molar refractivity (Wildman–Crippen MR) is 102 cm³/mol. The van der Waals surface area contributed by atoms with E-state index in [9.17, 15) is 26.7 Å². The number of hydrogen-bond acceptors (Lipinski definition) is 2. The van der Waals surface area contributed by atoms with Crippen molar-refractivity contribution >= 4 is 11.6 Å². The van der Waals surface area contributed by atoms with Gasteiger partial charge in [0.15, 0.2) is 11.6 Å². The van der Waals surface area contributed by atoms with Gasteiger partial charge in [-0.15, -0.1) is 0 Å². The Labute approximate surface area is 169 Å². The van der Waals surface area contributed by atoms with Crippen LogP contribution in [0.15, 0.2) is 54.6 Å². The van der Waals surface area contributed by atoms with E-state index in [1.54, 1.807) is 6.92 Å². The monoisotopic (exact) mass is 421 g/mol. The van der Waals surface area contributed by atoms with Gasteiger partial charge in [-0.25, -0.2) is 8.78 Å². The van der Waals surface area contributed by atoms with Gasteiger partial charge in [0.2, 0.25) is 0 Å². The Bertz CT molecular complexity index is 1090. The Kier molecular flexibility index (Phi) is 5.78. The van der Waals surface area contributed by atoms with Crippen LogP contribution in [0.25, 0.3) is 0 Å². The molecule has 0 unspecified atom stereocenters. The number of nitrogens with one attached hydrogen (secondary N) is 1. The molecule has 8 heteroatoms. The topological polar surface area (TPSA) is 38.3 Å². The first-order valence-electron chi connectivity index (χ1n) is 8.78. The number of alkyl halides is 3. The fraction of sp³-hybridized carbons (Fsp3) is 0.136. The zero-order chi connectivity index (χ0) is 22.1. The smallest absolute Gasteiger partial charge is 0.419 e. The van der Waals surface area contributed by atoms with Crippen molar-refractivity contribution in [2.45, 2.75) is 20.0 Å². The van der Waals surface area contributed by atoms with Crippen molar-refractivity contribution in [3.05, 3.63) is 88.5 Å². The number of rotatable bonds is 4. The molecule has 0 aliphatic carbocycles. The van der Waals surface area contributed by atoms with Crippen LogP contribution < -0.4 is 10.1 Å². The first-order valence-corrected chi connectivity index (χ1v) is 8.78. The van der Waals surface area contributed by atoms with E-state index < -0.39 is 34.8 Å². The average molecular weight is 421 g/mol. The second-order valence-corrected chi connectivity index (χ2v) is 6.63. The number of amides is 1. The molecule has 0 aromatic heterocycles. The lowest BCUT2D eigenvalue weighted by atomic mass is 10.1. The molecule has 3 aromatic carbocycles. The van der Waals surface area contributed by atoms with Crippen molar-refractivity contribution in [1.29, 1.82) is 0 Å². The molecule has 3 rings (SSSR count). The maximum Gasteiger partial charge on any atom is 0.419 e. The summed E-state index contributed by atoms with van der Waals surface area (Å²) in [5, 5.41) is 2.42. The Morgan fingerprint density at radius 2 is 1.60 bits per heavy atom. The lowest BCUT2D eigenvalue weighted by Crippen LogP contribution is -2.16. The Morgan fingerprint density at radius 1 is 0.933 bits per heavy atom. The van der Waals surface area contributed by atoms with Crippen molar-refractivity contribution in [2.24, 2.45) is 0 Å². The van der Waals surface area contributed by atoms with E-state index in [1.807, 2.05) is 0 Å². The number of ether oxygens (including phenoxy) is 1. The van der Waals surface area contributed by atoms with Crippen LogP contribution in [0.2, 0.25) is 0 Å². The fourth-order valence-corrected chi connectivity index (χ4v) is 2.80. The maximum atomic E-state index is 13.9. The Morgan fingerprint density at radius 3 is 2.23 bits per heavy atom. The first-order chi connectivity index (χ1) is 14.1. The van der Waals surface area contributed by atoms with Crippen molar-refractivity contribution in [1.82, 2.24) is 0 Å². The van der Waals surface area contributed by atoms with Crippen LogP contribution in [-0.2, 0) is 6.18 Å². The first kappa shape index (κ1) is 21.3. The van der Waals surface area contributed by atoms with Gasteiger partial charge in [-0.1, -0.05) is 12.1 Å². The third-order valence-electron chi connectivity index (χ3n) is 4.31. The van der Waals surface area contributed by atoms with Crippen LogP contribution in [0.5, 0.6) is 11.5 Å². The number of halogens is 5. The standard InChI is InChI=1S/C22H16F5NO2/c1-12-3-9-16(22(25,26)27)18(11-12)30-15-7-5-14(6-8-15)28-21(29)19-13(2)4-10-17(23)20(19)24/h3-11H,1-2H3,(H,28,29). The highest BCUT2D eigenvalue weighted by atomic mass is 19.4. The van der Waals surface area contributed by atoms with Crippen LogP contribution in [0.3, 0.4) is 0 Å². The summed E-state index contributed by atoms with van der Waals surface area (Å²) in [6.07, 6.45) is -4.58. The molecule has 0 radical (unpaired) electrons. The van der Waals surface area contributed by atoms with Gasteiger partial charge in [-0.2, -0.15) is 13.2 Å². The summed E-state index contributed by atoms with van der Waals surface area (Å²) in [5.41, 5.74) is -0.261. The average Bonchev–Trinajstić information content (AvgIpc) is 2.66. The number of anilines is 1. The van der Waals surface area contributed by atoms with Crippen LogP contribution in [0.1, 0.15) is 27.0 Å². The van der Waals surface area contributed by atoms with E-state index >= 15 is 0 Å². The van der Waals surface area contributed by atoms with E-state index in [0.29, 0.717) is 5.56 Å². The number of carbonyl (C=O) groups excluding carboxylic acids is 1. The third-order valence-corrected chi connectivity index (χ3v) is 4.31. The number of carbonyl (C=O) groups is 1. The third kappa shape index (κ3) is 4.59. The quantitative estimate of drug-likeness (QED) is 0.479. The van der Waals surface area contributed by atoms with Gasteiger partial charge in [0.25, 0.3) is 5.91 Å². The molecule has 0 bridgehead atoms. The second kappa shape index (κ2) is 8.14. The molecule has 1 N–H and O–H groups in total. The van der Waals surface area contributed by atoms with Gasteiger partial charge in [-0.05, 0) is 67.4 Å². The Hall–Kier alpha value is -3.42. The van der Waals surface area contributed by atoms with Crippen LogP contribution in [-0.4, -0.2) is 5.91 Å². The normalized spacial score (nSPS) is 11.3. The van der Waals surface area contributed by atoms with E-state index in [0.717, 1.165) is 12.1 Å². The summed E-state index contributed by atoms with van der Waals surface area (Å²) in [7, 11) is 0. The van der Waals surface area contributed by atoms with Crippen molar-refractivity contribution in [3.8, 4) is 11.5 Å². The van der Waals surface area contributed by atoms with Gasteiger partial charge >= 0.3 is 6.18 Å². The van der Waals surface area contributed by atoms with Gasteiger partial charge in [0.1, 0.15) is 11.5 Å². The SMILES string of the molecule is Cc1ccc(C(F)(F)F)c(Oc2ccc(NC(=O)c3c(C)ccc(F)c3F)cc2)c1. The number of aryl methyl sites for hydroxylation is 2. The maximum absolute atomic E-state index is 13.9. The highest BCUT2D eigenvalue weighted by molar-refractivity contribution is 6.05. The molecule has 0 spiro atoms. The molecule has 30 heavy (non-hydrogen) atoms. The summed E-state index contributed by atoms with van der Waals surface area (Å²) in [5.74, 6) is -3.50. The minimum atomic E-state index is -4.58. The molecule has 3 nitrogen and oxygen atoms in total. The van der Waals surface area contributed by atoms with Gasteiger partial charge < -0.3 is 10.1 Å². The van der Waals surface area contributed by atoms with Crippen LogP contribution >= 0.6 is 0 Å². The minimum absolute atomic E-state index is 0.109. The number of benzene rings is 3. The summed E-state index contributed by atoms with van der Waals surface area (Å²) >= 11 is 0. The summed E-state index contributed by atoms with van der Waals surface area (Å²) in [6.45, 7) is 3.10. The number of hydrogen-bond donors (Lipinski definition) is 1. The van der Waals surface area contributed by atoms with Crippen LogP contribution in [0.4, 0.5) is 27.6 Å². The molecular formula is C22H16F5NO2. The molecule has 0 fully saturated rings. The van der Waals surface area contributed by atoms with E-state index in [-0.39, 0.29) is 22.7 Å². The van der Waals surface area contributed by atoms with Crippen molar-refractivity contribution in [2.75, 3.05) is 5.32 Å². The summed E-state index contributed by atoms with van der Waals surface area (Å²) in [4.78, 5) is 12.3.